The summed E-state index contributed by atoms with van der Waals surface area (Å²) in [4.78, 5) is 25.3. The van der Waals surface area contributed by atoms with Crippen molar-refractivity contribution >= 4 is 29.3 Å². The van der Waals surface area contributed by atoms with Gasteiger partial charge in [-0.2, -0.15) is 0 Å². The van der Waals surface area contributed by atoms with E-state index in [1.54, 1.807) is 23.9 Å². The second kappa shape index (κ2) is 9.50. The molecule has 1 heterocycles. The minimum absolute atomic E-state index is 0.0822. The molecule has 0 aromatic heterocycles. The molecule has 2 aromatic rings. The Kier molecular flexibility index (Phi) is 6.81. The van der Waals surface area contributed by atoms with E-state index in [0.29, 0.717) is 43.2 Å². The van der Waals surface area contributed by atoms with E-state index >= 15 is 0 Å². The smallest absolute Gasteiger partial charge is 0.251 e. The van der Waals surface area contributed by atoms with Crippen molar-refractivity contribution in [3.63, 3.8) is 0 Å². The lowest BCUT2D eigenvalue weighted by atomic mass is 10.1. The van der Waals surface area contributed by atoms with Gasteiger partial charge in [0.15, 0.2) is 11.5 Å². The molecule has 0 aliphatic carbocycles. The Bertz CT molecular complexity index is 869. The molecular formula is C21H24N2O4S. The Morgan fingerprint density at radius 1 is 1.07 bits per heavy atom. The summed E-state index contributed by atoms with van der Waals surface area (Å²) in [6, 6.07) is 11.1. The van der Waals surface area contributed by atoms with Gasteiger partial charge in [0.25, 0.3) is 5.91 Å². The molecule has 2 aromatic carbocycles. The number of nitrogens with one attached hydrogen (secondary N) is 2. The predicted molar refractivity (Wildman–Crippen MR) is 111 cm³/mol. The summed E-state index contributed by atoms with van der Waals surface area (Å²) in [5.74, 6) is 1.92. The predicted octanol–water partition coefficient (Wildman–Crippen LogP) is 3.64. The van der Waals surface area contributed by atoms with Crippen molar-refractivity contribution < 1.29 is 19.1 Å². The van der Waals surface area contributed by atoms with Gasteiger partial charge in [0, 0.05) is 34.9 Å². The fourth-order valence-electron chi connectivity index (χ4n) is 2.75. The van der Waals surface area contributed by atoms with E-state index in [1.807, 2.05) is 38.1 Å². The van der Waals surface area contributed by atoms with E-state index < -0.39 is 0 Å². The first-order valence-corrected chi connectivity index (χ1v) is 10.3. The molecule has 0 spiro atoms. The number of fused-ring (bicyclic) bond motifs is 1. The first-order valence-electron chi connectivity index (χ1n) is 9.28. The molecule has 148 valence electrons. The minimum atomic E-state index is -0.146. The van der Waals surface area contributed by atoms with Gasteiger partial charge in [-0.05, 0) is 49.7 Å². The number of hydrogen-bond acceptors (Lipinski definition) is 5. The van der Waals surface area contributed by atoms with Crippen molar-refractivity contribution in [3.05, 3.63) is 47.5 Å². The van der Waals surface area contributed by atoms with E-state index in [1.165, 1.54) is 0 Å². The Morgan fingerprint density at radius 2 is 1.86 bits per heavy atom. The van der Waals surface area contributed by atoms with Crippen LogP contribution in [0.3, 0.4) is 0 Å². The highest BCUT2D eigenvalue weighted by molar-refractivity contribution is 7.99. The number of anilines is 1. The standard InChI is InChI=1S/C21H24N2O4S/c1-3-22-21(25)15-5-4-14(2)17(12-15)23-20(24)8-11-28-16-6-7-18-19(13-16)27-10-9-26-18/h4-7,12-13H,3,8-11H2,1-2H3,(H,22,25)(H,23,24). The molecule has 0 saturated carbocycles. The van der Waals surface area contributed by atoms with Crippen LogP contribution in [0.25, 0.3) is 0 Å². The Hall–Kier alpha value is -2.67. The number of amides is 2. The van der Waals surface area contributed by atoms with Gasteiger partial charge in [-0.3, -0.25) is 9.59 Å². The van der Waals surface area contributed by atoms with Gasteiger partial charge in [-0.15, -0.1) is 11.8 Å². The maximum atomic E-state index is 12.3. The average molecular weight is 401 g/mol. The van der Waals surface area contributed by atoms with Crippen molar-refractivity contribution in [2.75, 3.05) is 30.8 Å². The number of benzene rings is 2. The Labute approximate surface area is 169 Å². The second-order valence-corrected chi connectivity index (χ2v) is 7.51. The summed E-state index contributed by atoms with van der Waals surface area (Å²) in [7, 11) is 0. The summed E-state index contributed by atoms with van der Waals surface area (Å²) < 4.78 is 11.1. The normalized spacial score (nSPS) is 12.4. The molecule has 0 bridgehead atoms. The van der Waals surface area contributed by atoms with Gasteiger partial charge in [0.2, 0.25) is 5.91 Å². The minimum Gasteiger partial charge on any atom is -0.486 e. The Morgan fingerprint density at radius 3 is 2.64 bits per heavy atom. The summed E-state index contributed by atoms with van der Waals surface area (Å²) in [6.45, 7) is 5.46. The van der Waals surface area contributed by atoms with Crippen molar-refractivity contribution in [2.24, 2.45) is 0 Å². The Balaban J connectivity index is 1.53. The monoisotopic (exact) mass is 400 g/mol. The van der Waals surface area contributed by atoms with E-state index in [2.05, 4.69) is 10.6 Å². The van der Waals surface area contributed by atoms with E-state index in [4.69, 9.17) is 9.47 Å². The molecule has 0 atom stereocenters. The molecule has 1 aliphatic heterocycles. The van der Waals surface area contributed by atoms with Crippen LogP contribution in [0.1, 0.15) is 29.3 Å². The zero-order valence-corrected chi connectivity index (χ0v) is 16.9. The first-order chi connectivity index (χ1) is 13.6. The highest BCUT2D eigenvalue weighted by Crippen LogP contribution is 2.34. The number of ether oxygens (including phenoxy) is 2. The zero-order valence-electron chi connectivity index (χ0n) is 16.0. The molecule has 0 fully saturated rings. The number of carbonyl (C=O) groups is 2. The van der Waals surface area contributed by atoms with Crippen molar-refractivity contribution in [1.82, 2.24) is 5.32 Å². The third kappa shape index (κ3) is 5.19. The van der Waals surface area contributed by atoms with Crippen molar-refractivity contribution in [3.8, 4) is 11.5 Å². The molecule has 7 heteroatoms. The zero-order chi connectivity index (χ0) is 19.9. The fraction of sp³-hybridized carbons (Fsp3) is 0.333. The molecule has 0 unspecified atom stereocenters. The molecule has 0 saturated heterocycles. The van der Waals surface area contributed by atoms with Gasteiger partial charge in [0.1, 0.15) is 13.2 Å². The van der Waals surface area contributed by atoms with Crippen LogP contribution < -0.4 is 20.1 Å². The number of thioether (sulfide) groups is 1. The molecule has 6 nitrogen and oxygen atoms in total. The van der Waals surface area contributed by atoms with Gasteiger partial charge in [-0.1, -0.05) is 6.07 Å². The molecule has 0 radical (unpaired) electrons. The van der Waals surface area contributed by atoms with E-state index in [-0.39, 0.29) is 11.8 Å². The molecule has 2 amide bonds. The third-order valence-electron chi connectivity index (χ3n) is 4.22. The van der Waals surface area contributed by atoms with Gasteiger partial charge >= 0.3 is 0 Å². The lowest BCUT2D eigenvalue weighted by molar-refractivity contribution is -0.115. The SMILES string of the molecule is CCNC(=O)c1ccc(C)c(NC(=O)CCSc2ccc3c(c2)OCCO3)c1. The van der Waals surface area contributed by atoms with Crippen molar-refractivity contribution in [2.45, 2.75) is 25.2 Å². The van der Waals surface area contributed by atoms with Gasteiger partial charge < -0.3 is 20.1 Å². The third-order valence-corrected chi connectivity index (χ3v) is 5.22. The second-order valence-electron chi connectivity index (χ2n) is 6.34. The molecular weight excluding hydrogens is 376 g/mol. The van der Waals surface area contributed by atoms with E-state index in [9.17, 15) is 9.59 Å². The lowest BCUT2D eigenvalue weighted by Crippen LogP contribution is -2.23. The van der Waals surface area contributed by atoms with Crippen LogP contribution in [0.5, 0.6) is 11.5 Å². The van der Waals surface area contributed by atoms with Crippen LogP contribution in [-0.2, 0) is 4.79 Å². The van der Waals surface area contributed by atoms with Crippen LogP contribution >= 0.6 is 11.8 Å². The maximum absolute atomic E-state index is 12.3. The number of rotatable bonds is 7. The largest absolute Gasteiger partial charge is 0.486 e. The highest BCUT2D eigenvalue weighted by atomic mass is 32.2. The summed E-state index contributed by atoms with van der Waals surface area (Å²) in [6.07, 6.45) is 0.365. The average Bonchev–Trinajstić information content (AvgIpc) is 2.69. The number of aryl methyl sites for hydroxylation is 1. The summed E-state index contributed by atoms with van der Waals surface area (Å²) in [5.41, 5.74) is 2.12. The van der Waals surface area contributed by atoms with Crippen molar-refractivity contribution in [1.29, 1.82) is 0 Å². The first kappa shape index (κ1) is 20.1. The fourth-order valence-corrected chi connectivity index (χ4v) is 3.63. The van der Waals surface area contributed by atoms with Gasteiger partial charge in [0.05, 0.1) is 0 Å². The lowest BCUT2D eigenvalue weighted by Gasteiger charge is -2.18. The maximum Gasteiger partial charge on any atom is 0.251 e. The van der Waals surface area contributed by atoms with Crippen LogP contribution in [0.2, 0.25) is 0 Å². The molecule has 28 heavy (non-hydrogen) atoms. The van der Waals surface area contributed by atoms with Crippen LogP contribution in [0, 0.1) is 6.92 Å². The number of hydrogen-bond donors (Lipinski definition) is 2. The van der Waals surface area contributed by atoms with Crippen LogP contribution in [0.4, 0.5) is 5.69 Å². The summed E-state index contributed by atoms with van der Waals surface area (Å²) in [5, 5.41) is 5.67. The topological polar surface area (TPSA) is 76.7 Å². The molecule has 3 rings (SSSR count). The van der Waals surface area contributed by atoms with E-state index in [0.717, 1.165) is 22.0 Å². The van der Waals surface area contributed by atoms with Crippen LogP contribution in [-0.4, -0.2) is 37.3 Å². The van der Waals surface area contributed by atoms with Gasteiger partial charge in [-0.25, -0.2) is 0 Å². The summed E-state index contributed by atoms with van der Waals surface area (Å²) >= 11 is 1.59. The van der Waals surface area contributed by atoms with Crippen LogP contribution in [0.15, 0.2) is 41.3 Å². The number of carbonyl (C=O) groups excluding carboxylic acids is 2. The highest BCUT2D eigenvalue weighted by Gasteiger charge is 2.13. The quantitative estimate of drug-likeness (QED) is 0.694. The molecule has 1 aliphatic rings. The molecule has 2 N–H and O–H groups in total.